The van der Waals surface area contributed by atoms with E-state index in [4.69, 9.17) is 0 Å². The number of carbonyl (C=O) groups excluding carboxylic acids is 2. The SMILES string of the molecule is CC.CC.CC.CC.CC.Cc1cc(C)c(C)cc1C.Cc1ccc(C(=O)c2ccc(C)c(C)c2)cc1C.Cc1ccc(NC(=O)c2ccc(C)cc2)cc1. The summed E-state index contributed by atoms with van der Waals surface area (Å²) in [5, 5.41) is 2.87. The summed E-state index contributed by atoms with van der Waals surface area (Å²) in [7, 11) is 0. The highest BCUT2D eigenvalue weighted by atomic mass is 16.1. The van der Waals surface area contributed by atoms with Gasteiger partial charge in [-0.05, 0) is 150 Å². The van der Waals surface area contributed by atoms with Gasteiger partial charge in [0.05, 0.1) is 0 Å². The van der Waals surface area contributed by atoms with E-state index in [0.29, 0.717) is 5.56 Å². The molecule has 0 saturated heterocycles. The molecule has 0 spiro atoms. The minimum absolute atomic E-state index is 0.0751. The van der Waals surface area contributed by atoms with Crippen LogP contribution in [0.2, 0.25) is 0 Å². The first kappa shape index (κ1) is 54.6. The molecule has 0 radical (unpaired) electrons. The van der Waals surface area contributed by atoms with Crippen molar-refractivity contribution >= 4 is 17.4 Å². The van der Waals surface area contributed by atoms with Crippen LogP contribution in [0, 0.1) is 69.2 Å². The van der Waals surface area contributed by atoms with Crippen molar-refractivity contribution in [3.8, 4) is 0 Å². The van der Waals surface area contributed by atoms with Crippen molar-refractivity contribution in [2.75, 3.05) is 5.32 Å². The molecule has 55 heavy (non-hydrogen) atoms. The van der Waals surface area contributed by atoms with Crippen LogP contribution in [-0.2, 0) is 0 Å². The standard InChI is InChI=1S/C17H18O.C15H15NO.C10H14.5C2H6/c1-11-5-7-15(9-13(11)3)17(18)16-8-6-12(2)14(4)10-16;1-11-3-7-13(8-4-11)15(17)16-14-9-5-12(2)6-10-14;1-7-5-9(3)10(4)6-8(7)2;5*1-2/h5-10H,1-4H3;3-10H,1-2H3,(H,16,17);5-6H,1-4H3;5*1-2H3. The van der Waals surface area contributed by atoms with Gasteiger partial charge in [-0.15, -0.1) is 0 Å². The summed E-state index contributed by atoms with van der Waals surface area (Å²) in [6.45, 7) is 40.8. The van der Waals surface area contributed by atoms with Crippen molar-refractivity contribution in [3.05, 3.63) is 169 Å². The first-order valence-corrected chi connectivity index (χ1v) is 20.4. The predicted molar refractivity (Wildman–Crippen MR) is 248 cm³/mol. The van der Waals surface area contributed by atoms with Crippen LogP contribution in [0.1, 0.15) is 151 Å². The van der Waals surface area contributed by atoms with Crippen LogP contribution in [0.5, 0.6) is 0 Å². The van der Waals surface area contributed by atoms with Gasteiger partial charge in [-0.3, -0.25) is 9.59 Å². The molecule has 0 fully saturated rings. The van der Waals surface area contributed by atoms with E-state index in [-0.39, 0.29) is 11.7 Å². The van der Waals surface area contributed by atoms with E-state index in [1.165, 1.54) is 38.9 Å². The zero-order chi connectivity index (χ0) is 43.3. The highest BCUT2D eigenvalue weighted by Crippen LogP contribution is 2.17. The number of nitrogens with one attached hydrogen (secondary N) is 1. The molecule has 5 aromatic carbocycles. The van der Waals surface area contributed by atoms with E-state index in [9.17, 15) is 9.59 Å². The topological polar surface area (TPSA) is 46.2 Å². The largest absolute Gasteiger partial charge is 0.322 e. The third-order valence-electron chi connectivity index (χ3n) is 8.27. The van der Waals surface area contributed by atoms with E-state index in [2.05, 4.69) is 59.0 Å². The Morgan fingerprint density at radius 1 is 0.327 bits per heavy atom. The van der Waals surface area contributed by atoms with Gasteiger partial charge in [0.25, 0.3) is 5.91 Å². The van der Waals surface area contributed by atoms with Crippen LogP contribution in [0.3, 0.4) is 0 Å². The zero-order valence-corrected chi connectivity index (χ0v) is 38.6. The third-order valence-corrected chi connectivity index (χ3v) is 8.27. The van der Waals surface area contributed by atoms with Gasteiger partial charge in [-0.2, -0.15) is 0 Å². The fraction of sp³-hybridized carbons (Fsp3) is 0.385. The number of hydrogen-bond acceptors (Lipinski definition) is 2. The lowest BCUT2D eigenvalue weighted by Crippen LogP contribution is -2.11. The van der Waals surface area contributed by atoms with Gasteiger partial charge < -0.3 is 5.32 Å². The molecular formula is C52H77NO2. The Bertz CT molecular complexity index is 1680. The lowest BCUT2D eigenvalue weighted by Gasteiger charge is -2.07. The summed E-state index contributed by atoms with van der Waals surface area (Å²) in [5.41, 5.74) is 15.7. The molecule has 0 saturated carbocycles. The van der Waals surface area contributed by atoms with E-state index >= 15 is 0 Å². The molecule has 302 valence electrons. The average molecular weight is 748 g/mol. The van der Waals surface area contributed by atoms with E-state index < -0.39 is 0 Å². The Hall–Kier alpha value is -4.76. The quantitative estimate of drug-likeness (QED) is 0.186. The molecule has 0 aromatic heterocycles. The number of amides is 1. The Balaban J connectivity index is -0.000000678. The molecule has 0 aliphatic heterocycles. The average Bonchev–Trinajstić information content (AvgIpc) is 3.21. The van der Waals surface area contributed by atoms with Crippen molar-refractivity contribution in [2.45, 2.75) is 138 Å². The molecular weight excluding hydrogens is 671 g/mol. The summed E-state index contributed by atoms with van der Waals surface area (Å²) < 4.78 is 0. The highest BCUT2D eigenvalue weighted by Gasteiger charge is 2.10. The smallest absolute Gasteiger partial charge is 0.255 e. The summed E-state index contributed by atoms with van der Waals surface area (Å²) in [6, 6.07) is 31.5. The second kappa shape index (κ2) is 31.6. The molecule has 1 amide bonds. The summed E-state index contributed by atoms with van der Waals surface area (Å²) in [6.07, 6.45) is 0. The minimum atomic E-state index is -0.0751. The third kappa shape index (κ3) is 20.5. The number of anilines is 1. The van der Waals surface area contributed by atoms with Crippen molar-refractivity contribution in [1.29, 1.82) is 0 Å². The van der Waals surface area contributed by atoms with E-state index in [1.54, 1.807) is 0 Å². The number of ketones is 1. The lowest BCUT2D eigenvalue weighted by atomic mass is 9.97. The molecule has 3 nitrogen and oxygen atoms in total. The predicted octanol–water partition coefficient (Wildman–Crippen LogP) is 15.8. The van der Waals surface area contributed by atoms with Crippen LogP contribution in [0.15, 0.2) is 97.1 Å². The maximum absolute atomic E-state index is 12.4. The second-order valence-electron chi connectivity index (χ2n) is 12.1. The van der Waals surface area contributed by atoms with Crippen molar-refractivity contribution < 1.29 is 9.59 Å². The van der Waals surface area contributed by atoms with E-state index in [1.807, 2.05) is 182 Å². The number of rotatable bonds is 4. The number of aryl methyl sites for hydroxylation is 10. The number of carbonyl (C=O) groups is 2. The van der Waals surface area contributed by atoms with Crippen LogP contribution in [0.4, 0.5) is 5.69 Å². The van der Waals surface area contributed by atoms with Gasteiger partial charge >= 0.3 is 0 Å². The highest BCUT2D eigenvalue weighted by molar-refractivity contribution is 6.09. The monoisotopic (exact) mass is 748 g/mol. The Labute approximate surface area is 339 Å². The lowest BCUT2D eigenvalue weighted by molar-refractivity contribution is 0.102. The maximum Gasteiger partial charge on any atom is 0.255 e. The fourth-order valence-electron chi connectivity index (χ4n) is 4.58. The zero-order valence-electron chi connectivity index (χ0n) is 38.6. The Morgan fingerprint density at radius 3 is 0.909 bits per heavy atom. The summed E-state index contributed by atoms with van der Waals surface area (Å²) >= 11 is 0. The van der Waals surface area contributed by atoms with Crippen molar-refractivity contribution in [1.82, 2.24) is 0 Å². The molecule has 1 N–H and O–H groups in total. The normalized spacial score (nSPS) is 8.87. The summed E-state index contributed by atoms with van der Waals surface area (Å²) in [5.74, 6) is 0.0232. The summed E-state index contributed by atoms with van der Waals surface area (Å²) in [4.78, 5) is 24.3. The maximum atomic E-state index is 12.4. The molecule has 5 aromatic rings. The second-order valence-corrected chi connectivity index (χ2v) is 12.1. The molecule has 0 heterocycles. The molecule has 0 aliphatic carbocycles. The minimum Gasteiger partial charge on any atom is -0.322 e. The van der Waals surface area contributed by atoms with Gasteiger partial charge in [-0.25, -0.2) is 0 Å². The fourth-order valence-corrected chi connectivity index (χ4v) is 4.58. The van der Waals surface area contributed by atoms with Crippen molar-refractivity contribution in [2.24, 2.45) is 0 Å². The Morgan fingerprint density at radius 2 is 0.600 bits per heavy atom. The Kier molecular flexibility index (Phi) is 31.3. The van der Waals surface area contributed by atoms with Gasteiger partial charge in [0.2, 0.25) is 0 Å². The number of benzene rings is 5. The number of hydrogen-bond donors (Lipinski definition) is 1. The molecule has 0 aliphatic rings. The van der Waals surface area contributed by atoms with Crippen LogP contribution in [0.25, 0.3) is 0 Å². The van der Waals surface area contributed by atoms with Gasteiger partial charge in [0.1, 0.15) is 0 Å². The van der Waals surface area contributed by atoms with Crippen LogP contribution < -0.4 is 5.32 Å². The molecule has 3 heteroatoms. The van der Waals surface area contributed by atoms with Crippen molar-refractivity contribution in [3.63, 3.8) is 0 Å². The van der Waals surface area contributed by atoms with Crippen LogP contribution in [-0.4, -0.2) is 11.7 Å². The molecule has 0 atom stereocenters. The van der Waals surface area contributed by atoms with Gasteiger partial charge in [0, 0.05) is 22.4 Å². The molecule has 5 rings (SSSR count). The molecule has 0 bridgehead atoms. The van der Waals surface area contributed by atoms with Crippen LogP contribution >= 0.6 is 0 Å². The first-order valence-electron chi connectivity index (χ1n) is 20.4. The van der Waals surface area contributed by atoms with Gasteiger partial charge in [0.15, 0.2) is 5.78 Å². The van der Waals surface area contributed by atoms with E-state index in [0.717, 1.165) is 33.5 Å². The first-order chi connectivity index (χ1) is 26.2. The molecule has 0 unspecified atom stereocenters. The van der Waals surface area contributed by atoms with Gasteiger partial charge in [-0.1, -0.05) is 141 Å².